The van der Waals surface area contributed by atoms with Crippen molar-refractivity contribution in [3.05, 3.63) is 0 Å². The monoisotopic (exact) mass is 349 g/mol. The molecule has 0 aromatic rings. The number of aliphatic imine (C=N–C) groups is 1. The molecule has 0 aliphatic carbocycles. The van der Waals surface area contributed by atoms with Crippen molar-refractivity contribution in [2.75, 3.05) is 6.61 Å². The maximum atomic E-state index is 7.90. The van der Waals surface area contributed by atoms with E-state index in [0.717, 1.165) is 32.1 Å². The molecule has 6 nitrogen and oxygen atoms in total. The molecule has 6 atom stereocenters. The van der Waals surface area contributed by atoms with E-state index >= 15 is 0 Å². The molecule has 0 aromatic carbocycles. The molecule has 4 heterocycles. The average molecular weight is 349 g/mol. The van der Waals surface area contributed by atoms with Gasteiger partial charge in [-0.1, -0.05) is 0 Å². The van der Waals surface area contributed by atoms with Crippen LogP contribution >= 0.6 is 0 Å². The first-order chi connectivity index (χ1) is 11.6. The lowest BCUT2D eigenvalue weighted by atomic mass is 9.78. The van der Waals surface area contributed by atoms with Gasteiger partial charge in [0.2, 0.25) is 0 Å². The highest BCUT2D eigenvalue weighted by Crippen LogP contribution is 2.48. The van der Waals surface area contributed by atoms with E-state index in [-0.39, 0.29) is 28.6 Å². The third-order valence-corrected chi connectivity index (χ3v) is 6.77. The van der Waals surface area contributed by atoms with Crippen LogP contribution in [-0.2, 0) is 14.2 Å². The zero-order valence-corrected chi connectivity index (χ0v) is 15.8. The lowest BCUT2D eigenvalue weighted by molar-refractivity contribution is -0.0932. The van der Waals surface area contributed by atoms with Crippen molar-refractivity contribution in [2.24, 2.45) is 22.6 Å². The number of hydrogen-bond donors (Lipinski definition) is 2. The van der Waals surface area contributed by atoms with Crippen LogP contribution in [0.4, 0.5) is 0 Å². The number of nitrogens with zero attached hydrogens (tertiary/aromatic N) is 1. The maximum Gasteiger partial charge on any atom is 0.128 e. The number of fused-ring (bicyclic) bond motifs is 1. The van der Waals surface area contributed by atoms with E-state index in [9.17, 15) is 0 Å². The van der Waals surface area contributed by atoms with Crippen molar-refractivity contribution in [3.63, 3.8) is 0 Å². The summed E-state index contributed by atoms with van der Waals surface area (Å²) in [5, 5.41) is 7.90. The van der Waals surface area contributed by atoms with Gasteiger partial charge in [0.25, 0.3) is 0 Å². The molecule has 0 bridgehead atoms. The van der Waals surface area contributed by atoms with E-state index in [0.29, 0.717) is 30.5 Å². The Hall–Kier alpha value is -0.980. The SMILES string of the molecule is CC1(CCC2OC2(C)CCC2OC2(C)C)CC2C(N)=NC(=N)C2CO1. The first kappa shape index (κ1) is 17.4. The molecule has 0 radical (unpaired) electrons. The fraction of sp³-hybridized carbons (Fsp3) is 0.895. The van der Waals surface area contributed by atoms with Gasteiger partial charge in [-0.05, 0) is 59.8 Å². The number of rotatable bonds is 6. The minimum atomic E-state index is -0.194. The minimum absolute atomic E-state index is 0.00552. The topological polar surface area (TPSA) is 96.5 Å². The quantitative estimate of drug-likeness (QED) is 0.720. The summed E-state index contributed by atoms with van der Waals surface area (Å²) in [6, 6.07) is 0. The van der Waals surface area contributed by atoms with Crippen LogP contribution in [0.1, 0.15) is 59.8 Å². The van der Waals surface area contributed by atoms with Crippen LogP contribution in [0.25, 0.3) is 0 Å². The van der Waals surface area contributed by atoms with Gasteiger partial charge in [0, 0.05) is 5.92 Å². The number of nitrogens with one attached hydrogen (secondary N) is 1. The van der Waals surface area contributed by atoms with Gasteiger partial charge in [-0.3, -0.25) is 5.41 Å². The first-order valence-corrected chi connectivity index (χ1v) is 9.54. The number of ether oxygens (including phenoxy) is 3. The lowest BCUT2D eigenvalue weighted by Crippen LogP contribution is -2.45. The molecule has 140 valence electrons. The van der Waals surface area contributed by atoms with Crippen molar-refractivity contribution < 1.29 is 14.2 Å². The molecule has 3 saturated heterocycles. The molecule has 6 heteroatoms. The minimum Gasteiger partial charge on any atom is -0.387 e. The normalized spacial score (nSPS) is 47.4. The van der Waals surface area contributed by atoms with Crippen LogP contribution in [-0.4, -0.2) is 47.3 Å². The first-order valence-electron chi connectivity index (χ1n) is 9.54. The van der Waals surface area contributed by atoms with Crippen LogP contribution in [0.5, 0.6) is 0 Å². The molecule has 25 heavy (non-hydrogen) atoms. The van der Waals surface area contributed by atoms with Crippen molar-refractivity contribution in [3.8, 4) is 0 Å². The third kappa shape index (κ3) is 3.24. The van der Waals surface area contributed by atoms with Crippen LogP contribution in [0, 0.1) is 17.2 Å². The van der Waals surface area contributed by atoms with E-state index in [4.69, 9.17) is 25.4 Å². The highest BCUT2D eigenvalue weighted by atomic mass is 16.6. The van der Waals surface area contributed by atoms with Crippen LogP contribution in [0.3, 0.4) is 0 Å². The number of epoxide rings is 2. The summed E-state index contributed by atoms with van der Waals surface area (Å²) in [4.78, 5) is 4.15. The summed E-state index contributed by atoms with van der Waals surface area (Å²) in [6.45, 7) is 9.24. The highest BCUT2D eigenvalue weighted by Gasteiger charge is 2.55. The Morgan fingerprint density at radius 3 is 2.44 bits per heavy atom. The van der Waals surface area contributed by atoms with Gasteiger partial charge in [0.1, 0.15) is 11.7 Å². The van der Waals surface area contributed by atoms with Crippen molar-refractivity contribution in [2.45, 2.75) is 88.8 Å². The summed E-state index contributed by atoms with van der Waals surface area (Å²) >= 11 is 0. The van der Waals surface area contributed by atoms with Gasteiger partial charge in [-0.25, -0.2) is 4.99 Å². The third-order valence-electron chi connectivity index (χ3n) is 6.77. The molecular weight excluding hydrogens is 318 g/mol. The van der Waals surface area contributed by atoms with Crippen LogP contribution in [0.15, 0.2) is 4.99 Å². The van der Waals surface area contributed by atoms with Gasteiger partial charge in [-0.2, -0.15) is 0 Å². The van der Waals surface area contributed by atoms with Gasteiger partial charge < -0.3 is 19.9 Å². The van der Waals surface area contributed by atoms with E-state index in [1.165, 1.54) is 0 Å². The van der Waals surface area contributed by atoms with Gasteiger partial charge in [-0.15, -0.1) is 0 Å². The predicted octanol–water partition coefficient (Wildman–Crippen LogP) is 2.64. The standard InChI is InChI=1S/C19H31N3O3/c1-17(2)13(24-17)6-8-19(4)14(25-19)5-7-18(3)9-11-12(10-23-18)16(21)22-15(11)20/h11-14H,5-10H2,1-4H3,(H3,20,21,22). The van der Waals surface area contributed by atoms with Crippen molar-refractivity contribution >= 4 is 11.7 Å². The Balaban J connectivity index is 1.25. The highest BCUT2D eigenvalue weighted by molar-refractivity contribution is 6.04. The molecule has 4 rings (SSSR count). The molecular formula is C19H31N3O3. The zero-order valence-electron chi connectivity index (χ0n) is 15.8. The van der Waals surface area contributed by atoms with Crippen LogP contribution in [0.2, 0.25) is 0 Å². The number of amidine groups is 2. The van der Waals surface area contributed by atoms with E-state index < -0.39 is 0 Å². The van der Waals surface area contributed by atoms with Crippen LogP contribution < -0.4 is 5.73 Å². The molecule has 3 fully saturated rings. The van der Waals surface area contributed by atoms with E-state index in [1.807, 2.05) is 0 Å². The van der Waals surface area contributed by atoms with Gasteiger partial charge in [0.15, 0.2) is 0 Å². The molecule has 0 saturated carbocycles. The summed E-state index contributed by atoms with van der Waals surface area (Å²) in [5.74, 6) is 1.22. The fourth-order valence-electron chi connectivity index (χ4n) is 4.60. The summed E-state index contributed by atoms with van der Waals surface area (Å²) in [5.41, 5.74) is 5.90. The fourth-order valence-corrected chi connectivity index (χ4v) is 4.60. The summed E-state index contributed by atoms with van der Waals surface area (Å²) in [7, 11) is 0. The number of nitrogens with two attached hydrogens (primary N) is 1. The van der Waals surface area contributed by atoms with Gasteiger partial charge in [0.05, 0.1) is 41.5 Å². The lowest BCUT2D eigenvalue weighted by Gasteiger charge is -2.40. The molecule has 4 aliphatic rings. The Morgan fingerprint density at radius 2 is 1.76 bits per heavy atom. The molecule has 3 N–H and O–H groups in total. The molecule has 0 aromatic heterocycles. The summed E-state index contributed by atoms with van der Waals surface area (Å²) < 4.78 is 17.8. The Bertz CT molecular complexity index is 619. The predicted molar refractivity (Wildman–Crippen MR) is 96.0 cm³/mol. The summed E-state index contributed by atoms with van der Waals surface area (Å²) in [6.07, 6.45) is 5.67. The van der Waals surface area contributed by atoms with E-state index in [1.54, 1.807) is 0 Å². The Labute approximate surface area is 150 Å². The molecule has 0 amide bonds. The van der Waals surface area contributed by atoms with Gasteiger partial charge >= 0.3 is 0 Å². The Kier molecular flexibility index (Phi) is 3.84. The molecule has 6 unspecified atom stereocenters. The molecule has 0 spiro atoms. The zero-order chi connectivity index (χ0) is 18.0. The Morgan fingerprint density at radius 1 is 1.08 bits per heavy atom. The largest absolute Gasteiger partial charge is 0.387 e. The maximum absolute atomic E-state index is 7.90. The smallest absolute Gasteiger partial charge is 0.128 e. The second kappa shape index (κ2) is 5.51. The second-order valence-corrected chi connectivity index (χ2v) is 9.31. The van der Waals surface area contributed by atoms with E-state index in [2.05, 4.69) is 32.7 Å². The van der Waals surface area contributed by atoms with Crippen molar-refractivity contribution in [1.29, 1.82) is 5.41 Å². The average Bonchev–Trinajstić information content (AvgIpc) is 3.34. The number of hydrogen-bond acceptors (Lipinski definition) is 5. The van der Waals surface area contributed by atoms with Crippen molar-refractivity contribution in [1.82, 2.24) is 0 Å². The second-order valence-electron chi connectivity index (χ2n) is 9.31. The molecule has 4 aliphatic heterocycles.